The average molecular weight is 231 g/mol. The minimum absolute atomic E-state index is 0.563. The molecule has 0 aliphatic rings. The van der Waals surface area contributed by atoms with E-state index in [1.807, 2.05) is 13.0 Å². The van der Waals surface area contributed by atoms with Gasteiger partial charge in [-0.1, -0.05) is 0 Å². The van der Waals surface area contributed by atoms with Crippen LogP contribution in [0.25, 0.3) is 0 Å². The molecule has 0 unspecified atom stereocenters. The van der Waals surface area contributed by atoms with Crippen LogP contribution in [-0.2, 0) is 6.54 Å². The van der Waals surface area contributed by atoms with Gasteiger partial charge in [0.25, 0.3) is 0 Å². The van der Waals surface area contributed by atoms with E-state index in [0.29, 0.717) is 24.8 Å². The molecule has 0 spiro atoms. The molecule has 0 saturated carbocycles. The summed E-state index contributed by atoms with van der Waals surface area (Å²) in [6.07, 6.45) is 4.69. The fourth-order valence-corrected chi connectivity index (χ4v) is 1.27. The molecular weight excluding hydrogens is 218 g/mol. The van der Waals surface area contributed by atoms with Crippen LogP contribution in [-0.4, -0.2) is 26.5 Å². The van der Waals surface area contributed by atoms with Crippen molar-refractivity contribution >= 4 is 5.82 Å². The number of rotatable bonds is 5. The lowest BCUT2D eigenvalue weighted by molar-refractivity contribution is 0.326. The van der Waals surface area contributed by atoms with Gasteiger partial charge >= 0.3 is 0 Å². The molecule has 1 N–H and O–H groups in total. The molecule has 0 aliphatic carbocycles. The Kier molecular flexibility index (Phi) is 3.80. The molecule has 0 amide bonds. The van der Waals surface area contributed by atoms with Crippen molar-refractivity contribution in [2.45, 2.75) is 13.5 Å². The van der Waals surface area contributed by atoms with Gasteiger partial charge in [-0.2, -0.15) is 0 Å². The van der Waals surface area contributed by atoms with Gasteiger partial charge in [-0.15, -0.1) is 0 Å². The first kappa shape index (κ1) is 11.3. The van der Waals surface area contributed by atoms with Crippen LogP contribution < -0.4 is 10.1 Å². The summed E-state index contributed by atoms with van der Waals surface area (Å²) < 4.78 is 5.28. The van der Waals surface area contributed by atoms with Gasteiger partial charge in [0.15, 0.2) is 0 Å². The topological polar surface area (TPSA) is 72.8 Å². The Morgan fingerprint density at radius 3 is 2.94 bits per heavy atom. The first-order valence-corrected chi connectivity index (χ1v) is 5.32. The minimum atomic E-state index is 0.563. The number of hydrogen-bond donors (Lipinski definition) is 1. The highest BCUT2D eigenvalue weighted by atomic mass is 16.5. The second-order valence-corrected chi connectivity index (χ2v) is 3.23. The number of ether oxygens (including phenoxy) is 1. The highest BCUT2D eigenvalue weighted by Crippen LogP contribution is 2.11. The van der Waals surface area contributed by atoms with E-state index in [1.165, 1.54) is 12.7 Å². The third-order valence-electron chi connectivity index (χ3n) is 2.03. The molecular formula is C11H13N5O. The first-order valence-electron chi connectivity index (χ1n) is 5.32. The van der Waals surface area contributed by atoms with Crippen LogP contribution in [0.15, 0.2) is 31.0 Å². The van der Waals surface area contributed by atoms with E-state index in [2.05, 4.69) is 25.3 Å². The lowest BCUT2D eigenvalue weighted by Gasteiger charge is -2.06. The van der Waals surface area contributed by atoms with Crippen molar-refractivity contribution in [1.29, 1.82) is 0 Å². The zero-order valence-electron chi connectivity index (χ0n) is 9.50. The van der Waals surface area contributed by atoms with Crippen LogP contribution in [0.1, 0.15) is 12.6 Å². The number of hydrogen-bond acceptors (Lipinski definition) is 6. The Morgan fingerprint density at radius 1 is 1.24 bits per heavy atom. The fourth-order valence-electron chi connectivity index (χ4n) is 1.27. The maximum atomic E-state index is 5.28. The molecule has 2 rings (SSSR count). The van der Waals surface area contributed by atoms with Crippen molar-refractivity contribution in [2.75, 3.05) is 11.9 Å². The molecule has 0 bridgehead atoms. The standard InChI is InChI=1S/C11H13N5O/c1-2-17-11-5-10(15-8-16-11)13-6-9-3-4-12-7-14-9/h3-5,7-8H,2,6H2,1H3,(H,13,15,16). The van der Waals surface area contributed by atoms with Gasteiger partial charge in [0.1, 0.15) is 18.5 Å². The Balaban J connectivity index is 1.97. The van der Waals surface area contributed by atoms with Crippen molar-refractivity contribution in [2.24, 2.45) is 0 Å². The summed E-state index contributed by atoms with van der Waals surface area (Å²) in [5.74, 6) is 1.27. The molecule has 0 radical (unpaired) electrons. The summed E-state index contributed by atoms with van der Waals surface area (Å²) in [5, 5.41) is 3.14. The zero-order chi connectivity index (χ0) is 11.9. The van der Waals surface area contributed by atoms with Gasteiger partial charge in [0, 0.05) is 12.3 Å². The van der Waals surface area contributed by atoms with E-state index >= 15 is 0 Å². The third kappa shape index (κ3) is 3.37. The number of anilines is 1. The van der Waals surface area contributed by atoms with Crippen LogP contribution in [0.3, 0.4) is 0 Å². The fraction of sp³-hybridized carbons (Fsp3) is 0.273. The second kappa shape index (κ2) is 5.74. The lowest BCUT2D eigenvalue weighted by atomic mass is 10.4. The summed E-state index contributed by atoms with van der Waals surface area (Å²) in [6.45, 7) is 3.09. The van der Waals surface area contributed by atoms with Crippen LogP contribution >= 0.6 is 0 Å². The zero-order valence-corrected chi connectivity index (χ0v) is 9.50. The van der Waals surface area contributed by atoms with Crippen molar-refractivity contribution in [1.82, 2.24) is 19.9 Å². The number of aromatic nitrogens is 4. The van der Waals surface area contributed by atoms with Gasteiger partial charge in [-0.3, -0.25) is 0 Å². The highest BCUT2D eigenvalue weighted by molar-refractivity contribution is 5.37. The summed E-state index contributed by atoms with van der Waals surface area (Å²) in [4.78, 5) is 16.0. The smallest absolute Gasteiger partial charge is 0.218 e. The molecule has 6 heteroatoms. The molecule has 0 fully saturated rings. The van der Waals surface area contributed by atoms with Gasteiger partial charge < -0.3 is 10.1 Å². The maximum absolute atomic E-state index is 5.28. The Bertz CT molecular complexity index is 462. The van der Waals surface area contributed by atoms with Gasteiger partial charge in [-0.05, 0) is 13.0 Å². The first-order chi connectivity index (χ1) is 8.38. The summed E-state index contributed by atoms with van der Waals surface area (Å²) >= 11 is 0. The van der Waals surface area contributed by atoms with E-state index in [1.54, 1.807) is 12.3 Å². The van der Waals surface area contributed by atoms with E-state index in [4.69, 9.17) is 4.74 Å². The van der Waals surface area contributed by atoms with E-state index < -0.39 is 0 Å². The molecule has 2 heterocycles. The van der Waals surface area contributed by atoms with Gasteiger partial charge in [0.05, 0.1) is 18.8 Å². The molecule has 0 atom stereocenters. The quantitative estimate of drug-likeness (QED) is 0.835. The average Bonchev–Trinajstić information content (AvgIpc) is 2.39. The van der Waals surface area contributed by atoms with Crippen molar-refractivity contribution in [3.63, 3.8) is 0 Å². The van der Waals surface area contributed by atoms with E-state index in [9.17, 15) is 0 Å². The molecule has 0 saturated heterocycles. The van der Waals surface area contributed by atoms with Gasteiger partial charge in [0.2, 0.25) is 5.88 Å². The van der Waals surface area contributed by atoms with Crippen molar-refractivity contribution < 1.29 is 4.74 Å². The Hall–Kier alpha value is -2.24. The van der Waals surface area contributed by atoms with Crippen molar-refractivity contribution in [3.8, 4) is 5.88 Å². The van der Waals surface area contributed by atoms with E-state index in [-0.39, 0.29) is 0 Å². The molecule has 17 heavy (non-hydrogen) atoms. The Morgan fingerprint density at radius 2 is 2.18 bits per heavy atom. The predicted octanol–water partition coefficient (Wildman–Crippen LogP) is 1.28. The monoisotopic (exact) mass is 231 g/mol. The molecule has 2 aromatic rings. The van der Waals surface area contributed by atoms with Crippen LogP contribution in [0.4, 0.5) is 5.82 Å². The van der Waals surface area contributed by atoms with Crippen LogP contribution in [0, 0.1) is 0 Å². The predicted molar refractivity (Wildman–Crippen MR) is 62.6 cm³/mol. The molecule has 88 valence electrons. The summed E-state index contributed by atoms with van der Waals surface area (Å²) in [6, 6.07) is 3.60. The molecule has 0 aromatic carbocycles. The highest BCUT2D eigenvalue weighted by Gasteiger charge is 1.99. The summed E-state index contributed by atoms with van der Waals surface area (Å²) in [5.41, 5.74) is 0.900. The number of nitrogens with one attached hydrogen (secondary N) is 1. The maximum Gasteiger partial charge on any atom is 0.218 e. The van der Waals surface area contributed by atoms with Crippen LogP contribution in [0.2, 0.25) is 0 Å². The second-order valence-electron chi connectivity index (χ2n) is 3.23. The van der Waals surface area contributed by atoms with E-state index in [0.717, 1.165) is 5.69 Å². The largest absolute Gasteiger partial charge is 0.478 e. The normalized spacial score (nSPS) is 9.94. The summed E-state index contributed by atoms with van der Waals surface area (Å²) in [7, 11) is 0. The minimum Gasteiger partial charge on any atom is -0.478 e. The Labute approximate surface area is 99.1 Å². The SMILES string of the molecule is CCOc1cc(NCc2ccncn2)ncn1. The third-order valence-corrected chi connectivity index (χ3v) is 2.03. The lowest BCUT2D eigenvalue weighted by Crippen LogP contribution is -2.04. The van der Waals surface area contributed by atoms with Gasteiger partial charge in [-0.25, -0.2) is 19.9 Å². The van der Waals surface area contributed by atoms with Crippen LogP contribution in [0.5, 0.6) is 5.88 Å². The molecule has 0 aliphatic heterocycles. The molecule has 2 aromatic heterocycles. The number of nitrogens with zero attached hydrogens (tertiary/aromatic N) is 4. The molecule has 6 nitrogen and oxygen atoms in total. The van der Waals surface area contributed by atoms with Crippen molar-refractivity contribution in [3.05, 3.63) is 36.7 Å².